The number of fused-ring (bicyclic) bond motifs is 1. The second kappa shape index (κ2) is 10.7. The van der Waals surface area contributed by atoms with E-state index in [0.29, 0.717) is 10.6 Å². The summed E-state index contributed by atoms with van der Waals surface area (Å²) in [6.07, 6.45) is 0.501. The zero-order valence-corrected chi connectivity index (χ0v) is 19.0. The van der Waals surface area contributed by atoms with Gasteiger partial charge in [0.05, 0.1) is 9.95 Å². The molecule has 0 aliphatic heterocycles. The van der Waals surface area contributed by atoms with Crippen molar-refractivity contribution in [2.45, 2.75) is 29.1 Å². The SMILES string of the molecule is O=C(N[C@@H](Cc1c(Sc2ncccc2[N+](=O)[O-])[nH]c2ccccc12)C(=O)O)OCc1ccccc1. The molecule has 4 aromatic rings. The van der Waals surface area contributed by atoms with Gasteiger partial charge in [-0.05, 0) is 35.0 Å². The number of aromatic amines is 1. The average molecular weight is 493 g/mol. The molecule has 0 spiro atoms. The maximum Gasteiger partial charge on any atom is 0.408 e. The van der Waals surface area contributed by atoms with Crippen LogP contribution in [0.3, 0.4) is 0 Å². The third-order valence-corrected chi connectivity index (χ3v) is 6.19. The van der Waals surface area contributed by atoms with Gasteiger partial charge in [0.1, 0.15) is 12.6 Å². The highest BCUT2D eigenvalue weighted by Crippen LogP contribution is 2.37. The quantitative estimate of drug-likeness (QED) is 0.228. The van der Waals surface area contributed by atoms with Crippen molar-refractivity contribution in [3.63, 3.8) is 0 Å². The molecule has 1 amide bonds. The number of nitrogens with zero attached hydrogens (tertiary/aromatic N) is 2. The molecule has 0 bridgehead atoms. The van der Waals surface area contributed by atoms with Crippen molar-refractivity contribution in [3.8, 4) is 0 Å². The molecular formula is C24H20N4O6S. The van der Waals surface area contributed by atoms with Crippen molar-refractivity contribution >= 4 is 40.4 Å². The molecule has 10 nitrogen and oxygen atoms in total. The minimum atomic E-state index is -1.30. The summed E-state index contributed by atoms with van der Waals surface area (Å²) in [7, 11) is 0. The molecule has 3 N–H and O–H groups in total. The highest BCUT2D eigenvalue weighted by Gasteiger charge is 2.26. The second-order valence-electron chi connectivity index (χ2n) is 7.47. The Hall–Kier alpha value is -4.38. The summed E-state index contributed by atoms with van der Waals surface area (Å²) in [5.74, 6) is -1.24. The number of benzene rings is 2. The summed E-state index contributed by atoms with van der Waals surface area (Å²) in [6.45, 7) is -0.00343. The van der Waals surface area contributed by atoms with E-state index >= 15 is 0 Å². The van der Waals surface area contributed by atoms with E-state index in [-0.39, 0.29) is 23.7 Å². The highest BCUT2D eigenvalue weighted by molar-refractivity contribution is 7.99. The molecule has 178 valence electrons. The van der Waals surface area contributed by atoms with E-state index in [2.05, 4.69) is 15.3 Å². The van der Waals surface area contributed by atoms with Crippen molar-refractivity contribution in [2.24, 2.45) is 0 Å². The number of carbonyl (C=O) groups is 2. The van der Waals surface area contributed by atoms with E-state index in [9.17, 15) is 24.8 Å². The molecule has 2 aromatic heterocycles. The number of nitro groups is 1. The Labute approximate surface area is 203 Å². The smallest absolute Gasteiger partial charge is 0.408 e. The lowest BCUT2D eigenvalue weighted by molar-refractivity contribution is -0.388. The number of carboxylic acid groups (broad SMARTS) is 1. The molecule has 2 aromatic carbocycles. The van der Waals surface area contributed by atoms with E-state index in [1.54, 1.807) is 30.3 Å². The van der Waals surface area contributed by atoms with E-state index < -0.39 is 23.0 Å². The molecule has 0 saturated heterocycles. The van der Waals surface area contributed by atoms with Crippen LogP contribution >= 0.6 is 11.8 Å². The van der Waals surface area contributed by atoms with Crippen LogP contribution in [0.25, 0.3) is 10.9 Å². The minimum Gasteiger partial charge on any atom is -0.480 e. The first-order valence-electron chi connectivity index (χ1n) is 10.5. The Morgan fingerprint density at radius 2 is 1.86 bits per heavy atom. The summed E-state index contributed by atoms with van der Waals surface area (Å²) in [5.41, 5.74) is 1.90. The molecule has 0 unspecified atom stereocenters. The molecule has 0 aliphatic rings. The molecule has 2 heterocycles. The zero-order valence-electron chi connectivity index (χ0n) is 18.2. The largest absolute Gasteiger partial charge is 0.480 e. The minimum absolute atomic E-state index is 0.00343. The van der Waals surface area contributed by atoms with Gasteiger partial charge in [-0.2, -0.15) is 0 Å². The van der Waals surface area contributed by atoms with Crippen LogP contribution in [-0.2, 0) is 22.6 Å². The predicted molar refractivity (Wildman–Crippen MR) is 128 cm³/mol. The molecule has 0 saturated carbocycles. The van der Waals surface area contributed by atoms with Crippen molar-refractivity contribution in [1.29, 1.82) is 0 Å². The number of hydrogen-bond donors (Lipinski definition) is 3. The number of ether oxygens (including phenoxy) is 1. The van der Waals surface area contributed by atoms with Crippen LogP contribution in [0.1, 0.15) is 11.1 Å². The van der Waals surface area contributed by atoms with Gasteiger partial charge in [-0.15, -0.1) is 0 Å². The first-order valence-corrected chi connectivity index (χ1v) is 11.3. The maximum atomic E-state index is 12.3. The number of hydrogen-bond acceptors (Lipinski definition) is 7. The number of amides is 1. The topological polar surface area (TPSA) is 147 Å². The monoisotopic (exact) mass is 492 g/mol. The number of aromatic nitrogens is 2. The van der Waals surface area contributed by atoms with Gasteiger partial charge in [-0.3, -0.25) is 10.1 Å². The molecule has 0 fully saturated rings. The Morgan fingerprint density at radius 3 is 2.60 bits per heavy atom. The van der Waals surface area contributed by atoms with E-state index in [1.165, 1.54) is 18.3 Å². The number of aliphatic carboxylic acids is 1. The van der Waals surface area contributed by atoms with Crippen LogP contribution in [0.4, 0.5) is 10.5 Å². The lowest BCUT2D eigenvalue weighted by atomic mass is 10.1. The molecule has 1 atom stereocenters. The number of para-hydroxylation sites is 1. The number of H-pyrrole nitrogens is 1. The molecule has 0 aliphatic carbocycles. The molecule has 11 heteroatoms. The zero-order chi connectivity index (χ0) is 24.8. The summed E-state index contributed by atoms with van der Waals surface area (Å²) in [5, 5.41) is 25.0. The molecular weight excluding hydrogens is 472 g/mol. The van der Waals surface area contributed by atoms with Gasteiger partial charge in [-0.25, -0.2) is 14.6 Å². The lowest BCUT2D eigenvalue weighted by Crippen LogP contribution is -2.42. The number of pyridine rings is 1. The number of alkyl carbamates (subject to hydrolysis) is 1. The Kier molecular flexibility index (Phi) is 7.27. The van der Waals surface area contributed by atoms with Gasteiger partial charge < -0.3 is 20.1 Å². The van der Waals surface area contributed by atoms with Crippen molar-refractivity contribution in [3.05, 3.63) is 94.2 Å². The molecule has 35 heavy (non-hydrogen) atoms. The normalized spacial score (nSPS) is 11.7. The average Bonchev–Trinajstić information content (AvgIpc) is 3.20. The van der Waals surface area contributed by atoms with Gasteiger partial charge in [-0.1, -0.05) is 48.5 Å². The van der Waals surface area contributed by atoms with E-state index in [0.717, 1.165) is 28.2 Å². The summed E-state index contributed by atoms with van der Waals surface area (Å²) < 4.78 is 5.17. The number of nitrogens with one attached hydrogen (secondary N) is 2. The first kappa shape index (κ1) is 23.8. The van der Waals surface area contributed by atoms with Crippen molar-refractivity contribution in [2.75, 3.05) is 0 Å². The fraction of sp³-hybridized carbons (Fsp3) is 0.125. The fourth-order valence-corrected chi connectivity index (χ4v) is 4.50. The van der Waals surface area contributed by atoms with Gasteiger partial charge in [0.15, 0.2) is 5.03 Å². The third-order valence-electron chi connectivity index (χ3n) is 5.13. The lowest BCUT2D eigenvalue weighted by Gasteiger charge is -2.15. The van der Waals surface area contributed by atoms with Crippen LogP contribution in [0.5, 0.6) is 0 Å². The predicted octanol–water partition coefficient (Wildman–Crippen LogP) is 4.54. The summed E-state index contributed by atoms with van der Waals surface area (Å²) >= 11 is 1.03. The van der Waals surface area contributed by atoms with Crippen LogP contribution < -0.4 is 5.32 Å². The second-order valence-corrected chi connectivity index (χ2v) is 8.47. The van der Waals surface area contributed by atoms with Crippen LogP contribution in [0, 0.1) is 10.1 Å². The van der Waals surface area contributed by atoms with Crippen LogP contribution in [0.15, 0.2) is 83.0 Å². The van der Waals surface area contributed by atoms with Crippen LogP contribution in [0.2, 0.25) is 0 Å². The number of carboxylic acids is 1. The number of carbonyl (C=O) groups excluding carboxylic acids is 1. The van der Waals surface area contributed by atoms with Gasteiger partial charge in [0.25, 0.3) is 0 Å². The standard InChI is InChI=1S/C24H20N4O6S/c29-23(30)19(27-24(31)34-14-15-7-2-1-3-8-15)13-17-16-9-4-5-10-18(16)26-21(17)35-22-20(28(32)33)11-6-12-25-22/h1-12,19,26H,13-14H2,(H,27,31)(H,29,30)/t19-/m0/s1. The number of rotatable bonds is 9. The van der Waals surface area contributed by atoms with E-state index in [1.807, 2.05) is 24.3 Å². The van der Waals surface area contributed by atoms with Gasteiger partial charge in [0, 0.05) is 29.6 Å². The Morgan fingerprint density at radius 1 is 1.11 bits per heavy atom. The molecule has 0 radical (unpaired) electrons. The third kappa shape index (κ3) is 5.76. The highest BCUT2D eigenvalue weighted by atomic mass is 32.2. The van der Waals surface area contributed by atoms with Gasteiger partial charge in [0.2, 0.25) is 0 Å². The Balaban J connectivity index is 1.58. The molecule has 4 rings (SSSR count). The Bertz CT molecular complexity index is 1370. The maximum absolute atomic E-state index is 12.3. The first-order chi connectivity index (χ1) is 16.9. The summed E-state index contributed by atoms with van der Waals surface area (Å²) in [4.78, 5) is 42.5. The van der Waals surface area contributed by atoms with E-state index in [4.69, 9.17) is 4.74 Å². The fourth-order valence-electron chi connectivity index (χ4n) is 3.47. The van der Waals surface area contributed by atoms with Crippen LogP contribution in [-0.4, -0.2) is 38.1 Å². The van der Waals surface area contributed by atoms with Crippen molar-refractivity contribution in [1.82, 2.24) is 15.3 Å². The van der Waals surface area contributed by atoms with Crippen molar-refractivity contribution < 1.29 is 24.4 Å². The van der Waals surface area contributed by atoms with Gasteiger partial charge >= 0.3 is 17.7 Å². The summed E-state index contributed by atoms with van der Waals surface area (Å²) in [6, 6.07) is 17.8.